The number of anilines is 1. The summed E-state index contributed by atoms with van der Waals surface area (Å²) in [5.74, 6) is 0.648. The first kappa shape index (κ1) is 40.9. The van der Waals surface area contributed by atoms with Crippen molar-refractivity contribution in [2.45, 2.75) is 81.8 Å². The smallest absolute Gasteiger partial charge is 0.266 e. The molecule has 3 aromatic carbocycles. The van der Waals surface area contributed by atoms with Crippen molar-refractivity contribution in [3.8, 4) is 22.8 Å². The van der Waals surface area contributed by atoms with Gasteiger partial charge in [-0.2, -0.15) is 10.2 Å². The van der Waals surface area contributed by atoms with Gasteiger partial charge < -0.3 is 24.5 Å². The summed E-state index contributed by atoms with van der Waals surface area (Å²) in [6.07, 6.45) is 6.91. The van der Waals surface area contributed by atoms with Crippen LogP contribution in [0.4, 0.5) is 5.69 Å². The van der Waals surface area contributed by atoms with Crippen LogP contribution in [0.3, 0.4) is 0 Å². The van der Waals surface area contributed by atoms with Crippen molar-refractivity contribution in [1.29, 1.82) is 0 Å². The van der Waals surface area contributed by atoms with Crippen molar-refractivity contribution in [3.05, 3.63) is 102 Å². The number of hydrogen-bond donors (Lipinski definition) is 2. The molecule has 0 unspecified atom stereocenters. The highest BCUT2D eigenvalue weighted by atomic mass is 16.5. The molecule has 4 aromatic rings. The van der Waals surface area contributed by atoms with Gasteiger partial charge in [-0.3, -0.25) is 29.4 Å². The molecule has 13 nitrogen and oxygen atoms in total. The third-order valence-corrected chi connectivity index (χ3v) is 13.2. The molecule has 5 heterocycles. The summed E-state index contributed by atoms with van der Waals surface area (Å²) in [5, 5.41) is 21.4. The molecule has 4 saturated heterocycles. The second-order valence-electron chi connectivity index (χ2n) is 16.9. The van der Waals surface area contributed by atoms with Crippen LogP contribution in [0, 0.1) is 6.92 Å². The highest BCUT2D eigenvalue weighted by Gasteiger charge is 2.47. The minimum absolute atomic E-state index is 0.0143. The van der Waals surface area contributed by atoms with E-state index in [1.165, 1.54) is 5.56 Å². The molecule has 60 heavy (non-hydrogen) atoms. The number of carbonyl (C=O) groups excluding carboxylic acids is 4. The maximum atomic E-state index is 14.7. The van der Waals surface area contributed by atoms with E-state index in [1.54, 1.807) is 18.3 Å². The number of carbonyl (C=O) groups is 4. The molecule has 4 aliphatic rings. The number of phenolic OH excluding ortho intramolecular Hbond substituents is 1. The number of ether oxygens (including phenoxy) is 1. The van der Waals surface area contributed by atoms with Gasteiger partial charge in [0.1, 0.15) is 11.5 Å². The summed E-state index contributed by atoms with van der Waals surface area (Å²) in [7, 11) is 1.89. The molecule has 13 heteroatoms. The summed E-state index contributed by atoms with van der Waals surface area (Å²) >= 11 is 0. The van der Waals surface area contributed by atoms with Crippen LogP contribution in [0.1, 0.15) is 79.9 Å². The van der Waals surface area contributed by atoms with E-state index in [1.807, 2.05) is 78.4 Å². The zero-order chi connectivity index (χ0) is 41.8. The number of piperidine rings is 4. The maximum Gasteiger partial charge on any atom is 0.266 e. The van der Waals surface area contributed by atoms with Gasteiger partial charge in [0.15, 0.2) is 5.60 Å². The Balaban J connectivity index is 0.846. The zero-order valence-electron chi connectivity index (χ0n) is 34.6. The zero-order valence-corrected chi connectivity index (χ0v) is 34.6. The molecule has 0 spiro atoms. The molecular formula is C47H55N7O6. The first-order valence-electron chi connectivity index (χ1n) is 21.4. The molecule has 2 N–H and O–H groups in total. The number of nitrogens with one attached hydrogen (secondary N) is 1. The Morgan fingerprint density at radius 3 is 2.25 bits per heavy atom. The Labute approximate surface area is 351 Å². The van der Waals surface area contributed by atoms with Gasteiger partial charge in [0.05, 0.1) is 30.0 Å². The van der Waals surface area contributed by atoms with Crippen LogP contribution < -0.4 is 15.0 Å². The lowest BCUT2D eigenvalue weighted by atomic mass is 9.86. The topological polar surface area (TPSA) is 149 Å². The number of amides is 4. The Bertz CT molecular complexity index is 2190. The number of benzene rings is 3. The highest BCUT2D eigenvalue weighted by molar-refractivity contribution is 6.01. The van der Waals surface area contributed by atoms with Gasteiger partial charge in [0, 0.05) is 64.1 Å². The number of aryl methyl sites for hydroxylation is 1. The lowest BCUT2D eigenvalue weighted by Crippen LogP contribution is -2.60. The largest absolute Gasteiger partial charge is 0.507 e. The molecule has 314 valence electrons. The van der Waals surface area contributed by atoms with E-state index in [9.17, 15) is 24.3 Å². The quantitative estimate of drug-likeness (QED) is 0.199. The van der Waals surface area contributed by atoms with Crippen molar-refractivity contribution in [2.24, 2.45) is 0 Å². The van der Waals surface area contributed by atoms with Crippen LogP contribution in [0.25, 0.3) is 11.3 Å². The third kappa shape index (κ3) is 8.86. The van der Waals surface area contributed by atoms with Crippen LogP contribution in [-0.4, -0.2) is 118 Å². The lowest BCUT2D eigenvalue weighted by molar-refractivity contribution is -0.152. The van der Waals surface area contributed by atoms with Crippen molar-refractivity contribution in [1.82, 2.24) is 30.2 Å². The van der Waals surface area contributed by atoms with Crippen LogP contribution in [0.2, 0.25) is 0 Å². The number of para-hydroxylation sites is 2. The highest BCUT2D eigenvalue weighted by Crippen LogP contribution is 2.37. The molecule has 1 aromatic heterocycles. The molecule has 4 aliphatic heterocycles. The van der Waals surface area contributed by atoms with Gasteiger partial charge >= 0.3 is 0 Å². The molecule has 4 fully saturated rings. The number of nitrogens with zero attached hydrogens (tertiary/aromatic N) is 6. The first-order chi connectivity index (χ1) is 29.1. The molecule has 1 atom stereocenters. The minimum Gasteiger partial charge on any atom is -0.507 e. The summed E-state index contributed by atoms with van der Waals surface area (Å²) < 4.78 is 6.78. The van der Waals surface area contributed by atoms with Crippen molar-refractivity contribution in [2.75, 3.05) is 57.8 Å². The van der Waals surface area contributed by atoms with E-state index in [2.05, 4.69) is 37.4 Å². The average molecular weight is 814 g/mol. The summed E-state index contributed by atoms with van der Waals surface area (Å²) in [6, 6.07) is 25.1. The summed E-state index contributed by atoms with van der Waals surface area (Å²) in [4.78, 5) is 60.4. The monoisotopic (exact) mass is 813 g/mol. The molecular weight excluding hydrogens is 759 g/mol. The van der Waals surface area contributed by atoms with Crippen molar-refractivity contribution in [3.63, 3.8) is 0 Å². The van der Waals surface area contributed by atoms with Gasteiger partial charge in [-0.25, -0.2) is 0 Å². The molecule has 0 bridgehead atoms. The fourth-order valence-corrected chi connectivity index (χ4v) is 9.44. The first-order valence-corrected chi connectivity index (χ1v) is 21.4. The van der Waals surface area contributed by atoms with Gasteiger partial charge in [-0.1, -0.05) is 54.6 Å². The Morgan fingerprint density at radius 2 is 1.55 bits per heavy atom. The number of phenols is 1. The van der Waals surface area contributed by atoms with Gasteiger partial charge in [-0.05, 0) is 99.0 Å². The normalized spacial score (nSPS) is 20.4. The van der Waals surface area contributed by atoms with Gasteiger partial charge in [-0.15, -0.1) is 0 Å². The molecule has 0 radical (unpaired) electrons. The van der Waals surface area contributed by atoms with Gasteiger partial charge in [0.25, 0.3) is 5.91 Å². The number of imide groups is 1. The van der Waals surface area contributed by atoms with Crippen LogP contribution in [0.15, 0.2) is 85.1 Å². The predicted octanol–water partition coefficient (Wildman–Crippen LogP) is 5.42. The molecule has 8 rings (SSSR count). The average Bonchev–Trinajstić information content (AvgIpc) is 3.27. The van der Waals surface area contributed by atoms with E-state index in [0.29, 0.717) is 94.2 Å². The number of rotatable bonds is 10. The Hall–Kier alpha value is -5.82. The number of likely N-dealkylation sites (N-methyl/N-ethyl adjacent to an activating group) is 1. The summed E-state index contributed by atoms with van der Waals surface area (Å²) in [5.41, 5.74) is 4.16. The second kappa shape index (κ2) is 17.8. The molecule has 4 amide bonds. The van der Waals surface area contributed by atoms with E-state index < -0.39 is 5.60 Å². The van der Waals surface area contributed by atoms with E-state index in [-0.39, 0.29) is 41.3 Å². The number of aromatic hydroxyl groups is 1. The SMILES string of the molecule is Cc1ccccc1OC1(C(=O)N(C)C2CCN(C(=O)CN3CCC(c4ccc([C@H]5CCC(=O)NC5=O)cc4)CC3)CC2)CCN(c2cnnc(-c3ccccc3O)c2)CC1. The predicted molar refractivity (Wildman–Crippen MR) is 227 cm³/mol. The molecule has 0 aliphatic carbocycles. The fraction of sp³-hybridized carbons (Fsp3) is 0.447. The molecule has 0 saturated carbocycles. The van der Waals surface area contributed by atoms with Crippen LogP contribution >= 0.6 is 0 Å². The number of aromatic nitrogens is 2. The second-order valence-corrected chi connectivity index (χ2v) is 16.9. The van der Waals surface area contributed by atoms with Crippen molar-refractivity contribution < 1.29 is 29.0 Å². The Kier molecular flexibility index (Phi) is 12.1. The van der Waals surface area contributed by atoms with E-state index in [0.717, 1.165) is 42.7 Å². The van der Waals surface area contributed by atoms with Gasteiger partial charge in [0.2, 0.25) is 17.7 Å². The lowest BCUT2D eigenvalue weighted by Gasteiger charge is -2.45. The van der Waals surface area contributed by atoms with E-state index in [4.69, 9.17) is 4.74 Å². The summed E-state index contributed by atoms with van der Waals surface area (Å²) in [6.45, 7) is 6.41. The van der Waals surface area contributed by atoms with Crippen LogP contribution in [-0.2, 0) is 19.2 Å². The number of hydrogen-bond acceptors (Lipinski definition) is 10. The Morgan fingerprint density at radius 1 is 0.867 bits per heavy atom. The maximum absolute atomic E-state index is 14.7. The number of likely N-dealkylation sites (tertiary alicyclic amines) is 2. The van der Waals surface area contributed by atoms with E-state index >= 15 is 0 Å². The fourth-order valence-electron chi connectivity index (χ4n) is 9.44. The standard InChI is InChI=1S/C47H55N7O6/c1-32-7-3-6-10-42(32)60-47(21-27-53(28-22-47)37-29-40(50-48-30-37)39-8-4-5-9-41(39)55)46(59)51(2)36-19-25-54(26-20-36)44(57)31-52-23-17-34(18-24-52)33-11-13-35(14-12-33)38-15-16-43(56)49-45(38)58/h3-14,29-30,34,36,38,55H,15-28,31H2,1-2H3,(H,49,56,58)/t38-/m1/s1. The third-order valence-electron chi connectivity index (χ3n) is 13.2. The van der Waals surface area contributed by atoms with Crippen molar-refractivity contribution >= 4 is 29.3 Å². The van der Waals surface area contributed by atoms with Crippen LogP contribution in [0.5, 0.6) is 11.5 Å². The minimum atomic E-state index is -1.06.